The van der Waals surface area contributed by atoms with Gasteiger partial charge in [0.1, 0.15) is 12.7 Å². The molecule has 0 amide bonds. The van der Waals surface area contributed by atoms with Crippen molar-refractivity contribution in [3.05, 3.63) is 174 Å². The fraction of sp³-hybridized carbons (Fsp3) is 0.167. The third-order valence-electron chi connectivity index (χ3n) is 8.19. The molecular formula is C42H32F3NO10. The van der Waals surface area contributed by atoms with E-state index in [1.54, 1.807) is 54.6 Å². The number of halogens is 3. The normalized spacial score (nSPS) is 19.6. The van der Waals surface area contributed by atoms with Crippen LogP contribution in [0, 0.1) is 0 Å². The first-order chi connectivity index (χ1) is 27.1. The molecular weight excluding hydrogens is 735 g/mol. The molecule has 0 spiro atoms. The van der Waals surface area contributed by atoms with E-state index in [0.29, 0.717) is 0 Å². The maximum Gasteiger partial charge on any atom is 0.468 e. The van der Waals surface area contributed by atoms with Gasteiger partial charge >= 0.3 is 30.1 Å². The van der Waals surface area contributed by atoms with Gasteiger partial charge in [0.25, 0.3) is 5.90 Å². The summed E-state index contributed by atoms with van der Waals surface area (Å²) in [4.78, 5) is 57.7. The van der Waals surface area contributed by atoms with Crippen LogP contribution in [-0.4, -0.2) is 73.3 Å². The van der Waals surface area contributed by atoms with Crippen LogP contribution in [0.1, 0.15) is 41.4 Å². The second-order valence-electron chi connectivity index (χ2n) is 12.1. The van der Waals surface area contributed by atoms with Crippen LogP contribution in [0.25, 0.3) is 0 Å². The summed E-state index contributed by atoms with van der Waals surface area (Å²) in [5.74, 6) is -5.77. The predicted octanol–water partition coefficient (Wildman–Crippen LogP) is 7.55. The Bertz CT molecular complexity index is 2120. The zero-order valence-corrected chi connectivity index (χ0v) is 29.2. The predicted molar refractivity (Wildman–Crippen MR) is 193 cm³/mol. The number of para-hydroxylation sites is 1. The van der Waals surface area contributed by atoms with Crippen molar-refractivity contribution in [1.29, 1.82) is 0 Å². The van der Waals surface area contributed by atoms with E-state index in [2.05, 4.69) is 4.99 Å². The van der Waals surface area contributed by atoms with Gasteiger partial charge in [-0.2, -0.15) is 13.2 Å². The molecule has 0 N–H and O–H groups in total. The summed E-state index contributed by atoms with van der Waals surface area (Å²) in [6, 6.07) is 37.3. The van der Waals surface area contributed by atoms with Gasteiger partial charge in [-0.15, -0.1) is 0 Å². The molecule has 1 fully saturated rings. The number of rotatable bonds is 11. The van der Waals surface area contributed by atoms with Gasteiger partial charge in [0.15, 0.2) is 12.2 Å². The number of hydrogen-bond acceptors (Lipinski definition) is 11. The van der Waals surface area contributed by atoms with E-state index >= 15 is 0 Å². The van der Waals surface area contributed by atoms with E-state index in [0.717, 1.165) is 0 Å². The van der Waals surface area contributed by atoms with Crippen LogP contribution >= 0.6 is 0 Å². The van der Waals surface area contributed by atoms with Gasteiger partial charge in [0, 0.05) is 0 Å². The molecule has 11 nitrogen and oxygen atoms in total. The van der Waals surface area contributed by atoms with Crippen molar-refractivity contribution < 1.29 is 60.8 Å². The summed E-state index contributed by atoms with van der Waals surface area (Å²) in [7, 11) is 0. The molecule has 0 bridgehead atoms. The summed E-state index contributed by atoms with van der Waals surface area (Å²) in [5, 5.41) is 0. The zero-order chi connectivity index (χ0) is 39.5. The Morgan fingerprint density at radius 1 is 0.500 bits per heavy atom. The van der Waals surface area contributed by atoms with Gasteiger partial charge < -0.3 is 28.4 Å². The molecule has 1 aliphatic heterocycles. The number of carbonyl (C=O) groups is 4. The molecule has 5 aromatic rings. The van der Waals surface area contributed by atoms with E-state index < -0.39 is 73.3 Å². The Morgan fingerprint density at radius 2 is 0.875 bits per heavy atom. The lowest BCUT2D eigenvalue weighted by Crippen LogP contribution is -2.63. The molecule has 0 saturated carbocycles. The minimum Gasteiger partial charge on any atom is -0.459 e. The summed E-state index contributed by atoms with van der Waals surface area (Å²) in [5.41, 5.74) is -0.0451. The minimum absolute atomic E-state index is 0.00796. The van der Waals surface area contributed by atoms with E-state index in [-0.39, 0.29) is 27.9 Å². The molecule has 0 aromatic heterocycles. The number of alkyl halides is 3. The number of aliphatic imine (C=N–C) groups is 1. The lowest BCUT2D eigenvalue weighted by Gasteiger charge is -2.44. The van der Waals surface area contributed by atoms with E-state index in [1.807, 2.05) is 0 Å². The topological polar surface area (TPSA) is 136 Å². The zero-order valence-electron chi connectivity index (χ0n) is 29.2. The molecule has 14 heteroatoms. The van der Waals surface area contributed by atoms with Crippen molar-refractivity contribution in [2.75, 3.05) is 6.61 Å². The first-order valence-corrected chi connectivity index (χ1v) is 17.1. The maximum atomic E-state index is 14.7. The minimum atomic E-state index is -5.24. The Labute approximate surface area is 318 Å². The molecule has 0 aliphatic carbocycles. The summed E-state index contributed by atoms with van der Waals surface area (Å²) < 4.78 is 78.6. The maximum absolute atomic E-state index is 14.7. The second kappa shape index (κ2) is 18.0. The highest BCUT2D eigenvalue weighted by Crippen LogP contribution is 2.34. The molecule has 1 saturated heterocycles. The van der Waals surface area contributed by atoms with Crippen LogP contribution in [-0.2, 0) is 28.4 Å². The number of ether oxygens (including phenoxy) is 6. The third kappa shape index (κ3) is 10.0. The largest absolute Gasteiger partial charge is 0.468 e. The number of benzene rings is 5. The van der Waals surface area contributed by atoms with Crippen LogP contribution in [0.4, 0.5) is 18.9 Å². The molecule has 1 aliphatic rings. The SMILES string of the molecule is O=C(OC[C@H]1OC(OC(=Nc2ccccc2)C(F)(F)F)[C@H](OC(=O)c2ccccc2)[C@@H](OC(=O)c2ccccc2)[C@@H]1OC(=O)c1ccccc1)c1ccccc1. The average Bonchev–Trinajstić information content (AvgIpc) is 3.22. The Balaban J connectivity index is 1.46. The third-order valence-corrected chi connectivity index (χ3v) is 8.19. The van der Waals surface area contributed by atoms with Crippen molar-refractivity contribution in [1.82, 2.24) is 0 Å². The molecule has 1 heterocycles. The highest BCUT2D eigenvalue weighted by atomic mass is 19.4. The van der Waals surface area contributed by atoms with Gasteiger partial charge in [-0.05, 0) is 60.7 Å². The fourth-order valence-electron chi connectivity index (χ4n) is 5.51. The molecule has 56 heavy (non-hydrogen) atoms. The Hall–Kier alpha value is -6.80. The number of esters is 4. The van der Waals surface area contributed by atoms with Crippen molar-refractivity contribution in [3.8, 4) is 0 Å². The van der Waals surface area contributed by atoms with Crippen molar-refractivity contribution in [3.63, 3.8) is 0 Å². The van der Waals surface area contributed by atoms with Gasteiger partial charge in [0.05, 0.1) is 27.9 Å². The molecule has 5 aromatic carbocycles. The van der Waals surface area contributed by atoms with Crippen LogP contribution < -0.4 is 0 Å². The molecule has 6 rings (SSSR count). The molecule has 0 radical (unpaired) electrons. The van der Waals surface area contributed by atoms with Crippen LogP contribution in [0.2, 0.25) is 0 Å². The van der Waals surface area contributed by atoms with Crippen LogP contribution in [0.15, 0.2) is 157 Å². The molecule has 286 valence electrons. The second-order valence-corrected chi connectivity index (χ2v) is 12.1. The first-order valence-electron chi connectivity index (χ1n) is 17.1. The Kier molecular flexibility index (Phi) is 12.5. The van der Waals surface area contributed by atoms with Crippen molar-refractivity contribution in [2.24, 2.45) is 4.99 Å². The average molecular weight is 768 g/mol. The molecule has 5 atom stereocenters. The summed E-state index contributed by atoms with van der Waals surface area (Å²) in [6.45, 7) is -0.768. The fourth-order valence-corrected chi connectivity index (χ4v) is 5.51. The number of hydrogen-bond donors (Lipinski definition) is 0. The van der Waals surface area contributed by atoms with Gasteiger partial charge in [-0.25, -0.2) is 24.2 Å². The van der Waals surface area contributed by atoms with E-state index in [1.165, 1.54) is 97.1 Å². The highest BCUT2D eigenvalue weighted by Gasteiger charge is 2.56. The monoisotopic (exact) mass is 767 g/mol. The molecule has 1 unspecified atom stereocenters. The number of carbonyl (C=O) groups excluding carboxylic acids is 4. The van der Waals surface area contributed by atoms with E-state index in [9.17, 15) is 32.3 Å². The van der Waals surface area contributed by atoms with Gasteiger partial charge in [0.2, 0.25) is 12.4 Å². The van der Waals surface area contributed by atoms with Crippen molar-refractivity contribution in [2.45, 2.75) is 36.9 Å². The lowest BCUT2D eigenvalue weighted by atomic mass is 9.97. The van der Waals surface area contributed by atoms with Crippen molar-refractivity contribution >= 4 is 35.5 Å². The lowest BCUT2D eigenvalue weighted by molar-refractivity contribution is -0.283. The summed E-state index contributed by atoms with van der Waals surface area (Å²) >= 11 is 0. The standard InChI is InChI=1S/C42H32F3NO10/c43-42(44,45)41(46-31-24-14-5-15-25-31)56-40-35(55-39(50)30-22-12-4-13-23-30)34(54-38(49)29-20-10-3-11-21-29)33(53-37(48)28-18-8-2-9-19-28)32(52-40)26-51-36(47)27-16-6-1-7-17-27/h1-25,32-35,40H,26H2/t32-,33-,34+,35-,40?/m1/s1. The van der Waals surface area contributed by atoms with Gasteiger partial charge in [-0.1, -0.05) is 91.0 Å². The highest BCUT2D eigenvalue weighted by molar-refractivity contribution is 5.92. The quantitative estimate of drug-likeness (QED) is 0.0574. The van der Waals surface area contributed by atoms with Gasteiger partial charge in [-0.3, -0.25) is 0 Å². The van der Waals surface area contributed by atoms with E-state index in [4.69, 9.17) is 28.4 Å². The number of nitrogens with zero attached hydrogens (tertiary/aromatic N) is 1. The smallest absolute Gasteiger partial charge is 0.459 e. The van der Waals surface area contributed by atoms with Crippen LogP contribution in [0.5, 0.6) is 0 Å². The van der Waals surface area contributed by atoms with Crippen LogP contribution in [0.3, 0.4) is 0 Å². The summed E-state index contributed by atoms with van der Waals surface area (Å²) in [6.07, 6.45) is -15.0. The Morgan fingerprint density at radius 3 is 1.30 bits per heavy atom. The first kappa shape index (κ1) is 38.9.